The highest BCUT2D eigenvalue weighted by Gasteiger charge is 2.06. The van der Waals surface area contributed by atoms with Crippen LogP contribution >= 0.6 is 11.8 Å². The van der Waals surface area contributed by atoms with Gasteiger partial charge < -0.3 is 4.98 Å². The SMILES string of the molecule is c1ccc2nc(Sc3nc4ccccc4[nH]3)ncc2c1. The van der Waals surface area contributed by atoms with Crippen LogP contribution in [0.4, 0.5) is 0 Å². The molecule has 0 saturated carbocycles. The topological polar surface area (TPSA) is 54.5 Å². The van der Waals surface area contributed by atoms with Gasteiger partial charge >= 0.3 is 0 Å². The Hall–Kier alpha value is -2.40. The number of para-hydroxylation sites is 3. The predicted octanol–water partition coefficient (Wildman–Crippen LogP) is 3.66. The van der Waals surface area contributed by atoms with Crippen LogP contribution in [0.15, 0.2) is 65.0 Å². The van der Waals surface area contributed by atoms with E-state index in [0.717, 1.165) is 27.1 Å². The molecule has 0 unspecified atom stereocenters. The molecular weight excluding hydrogens is 268 g/mol. The van der Waals surface area contributed by atoms with E-state index in [-0.39, 0.29) is 0 Å². The molecule has 0 aliphatic rings. The molecule has 0 aliphatic heterocycles. The molecule has 0 spiro atoms. The fraction of sp³-hybridized carbons (Fsp3) is 0. The van der Waals surface area contributed by atoms with E-state index >= 15 is 0 Å². The lowest BCUT2D eigenvalue weighted by molar-refractivity contribution is 0.983. The summed E-state index contributed by atoms with van der Waals surface area (Å²) in [6.45, 7) is 0. The molecule has 0 radical (unpaired) electrons. The quantitative estimate of drug-likeness (QED) is 0.569. The zero-order valence-electron chi connectivity index (χ0n) is 10.4. The van der Waals surface area contributed by atoms with Gasteiger partial charge in [0.2, 0.25) is 0 Å². The maximum atomic E-state index is 4.53. The summed E-state index contributed by atoms with van der Waals surface area (Å²) >= 11 is 1.44. The molecule has 5 heteroatoms. The van der Waals surface area contributed by atoms with Crippen molar-refractivity contribution in [3.63, 3.8) is 0 Å². The van der Waals surface area contributed by atoms with Crippen molar-refractivity contribution < 1.29 is 0 Å². The van der Waals surface area contributed by atoms with Crippen molar-refractivity contribution in [2.45, 2.75) is 10.3 Å². The monoisotopic (exact) mass is 278 g/mol. The van der Waals surface area contributed by atoms with Crippen molar-refractivity contribution in [3.05, 3.63) is 54.7 Å². The van der Waals surface area contributed by atoms with Crippen LogP contribution in [-0.2, 0) is 0 Å². The van der Waals surface area contributed by atoms with Gasteiger partial charge in [-0.3, -0.25) is 0 Å². The van der Waals surface area contributed by atoms with Crippen molar-refractivity contribution in [1.82, 2.24) is 19.9 Å². The van der Waals surface area contributed by atoms with E-state index in [1.165, 1.54) is 11.8 Å². The molecule has 2 aromatic carbocycles. The lowest BCUT2D eigenvalue weighted by atomic mass is 10.2. The number of benzene rings is 2. The number of aromatic amines is 1. The maximum absolute atomic E-state index is 4.53. The average Bonchev–Trinajstić information content (AvgIpc) is 2.89. The van der Waals surface area contributed by atoms with E-state index in [1.807, 2.05) is 54.7 Å². The van der Waals surface area contributed by atoms with Gasteiger partial charge in [-0.1, -0.05) is 30.3 Å². The van der Waals surface area contributed by atoms with Crippen molar-refractivity contribution in [2.24, 2.45) is 0 Å². The largest absolute Gasteiger partial charge is 0.333 e. The first-order valence-electron chi connectivity index (χ1n) is 6.23. The lowest BCUT2D eigenvalue weighted by Crippen LogP contribution is -1.87. The Bertz CT molecular complexity index is 867. The van der Waals surface area contributed by atoms with E-state index in [4.69, 9.17) is 0 Å². The summed E-state index contributed by atoms with van der Waals surface area (Å²) in [4.78, 5) is 16.7. The van der Waals surface area contributed by atoms with E-state index in [1.54, 1.807) is 0 Å². The van der Waals surface area contributed by atoms with Crippen molar-refractivity contribution >= 4 is 33.7 Å². The number of hydrogen-bond donors (Lipinski definition) is 1. The summed E-state index contributed by atoms with van der Waals surface area (Å²) in [5.74, 6) is 0. The van der Waals surface area contributed by atoms with E-state index in [0.29, 0.717) is 5.16 Å². The van der Waals surface area contributed by atoms with Gasteiger partial charge in [0.05, 0.1) is 16.6 Å². The number of hydrogen-bond acceptors (Lipinski definition) is 4. The third kappa shape index (κ3) is 2.02. The first-order valence-corrected chi connectivity index (χ1v) is 7.04. The highest BCUT2D eigenvalue weighted by atomic mass is 32.2. The van der Waals surface area contributed by atoms with Crippen LogP contribution in [0.25, 0.3) is 21.9 Å². The number of H-pyrrole nitrogens is 1. The second-order valence-electron chi connectivity index (χ2n) is 4.37. The Morgan fingerprint density at radius 2 is 1.65 bits per heavy atom. The minimum absolute atomic E-state index is 0.697. The summed E-state index contributed by atoms with van der Waals surface area (Å²) in [7, 11) is 0. The highest BCUT2D eigenvalue weighted by Crippen LogP contribution is 2.25. The molecular formula is C15H10N4S. The van der Waals surface area contributed by atoms with E-state index < -0.39 is 0 Å². The number of fused-ring (bicyclic) bond motifs is 2. The predicted molar refractivity (Wildman–Crippen MR) is 79.8 cm³/mol. The Kier molecular flexibility index (Phi) is 2.63. The molecule has 1 N–H and O–H groups in total. The van der Waals surface area contributed by atoms with Crippen LogP contribution in [0.3, 0.4) is 0 Å². The van der Waals surface area contributed by atoms with Gasteiger partial charge in [-0.25, -0.2) is 15.0 Å². The molecule has 2 aromatic heterocycles. The van der Waals surface area contributed by atoms with Gasteiger partial charge in [0.15, 0.2) is 10.3 Å². The molecule has 20 heavy (non-hydrogen) atoms. The normalized spacial score (nSPS) is 11.2. The molecule has 4 aromatic rings. The Morgan fingerprint density at radius 3 is 2.55 bits per heavy atom. The maximum Gasteiger partial charge on any atom is 0.195 e. The van der Waals surface area contributed by atoms with Crippen LogP contribution in [-0.4, -0.2) is 19.9 Å². The first-order chi connectivity index (χ1) is 9.88. The fourth-order valence-electron chi connectivity index (χ4n) is 2.07. The average molecular weight is 278 g/mol. The zero-order chi connectivity index (χ0) is 13.4. The van der Waals surface area contributed by atoms with Gasteiger partial charge in [0, 0.05) is 11.6 Å². The highest BCUT2D eigenvalue weighted by molar-refractivity contribution is 7.99. The minimum Gasteiger partial charge on any atom is -0.333 e. The summed E-state index contributed by atoms with van der Waals surface area (Å²) in [5.41, 5.74) is 2.92. The minimum atomic E-state index is 0.697. The molecule has 2 heterocycles. The molecule has 0 atom stereocenters. The Balaban J connectivity index is 1.72. The summed E-state index contributed by atoms with van der Waals surface area (Å²) in [6.07, 6.45) is 1.84. The number of aromatic nitrogens is 4. The molecule has 4 rings (SSSR count). The van der Waals surface area contributed by atoms with Crippen LogP contribution in [0, 0.1) is 0 Å². The summed E-state index contributed by atoms with van der Waals surface area (Å²) in [5, 5.41) is 2.55. The third-order valence-corrected chi connectivity index (χ3v) is 3.79. The molecule has 0 fully saturated rings. The van der Waals surface area contributed by atoms with Crippen LogP contribution < -0.4 is 0 Å². The molecule has 4 nitrogen and oxygen atoms in total. The number of nitrogens with zero attached hydrogens (tertiary/aromatic N) is 3. The van der Waals surface area contributed by atoms with Gasteiger partial charge in [0.1, 0.15) is 0 Å². The summed E-state index contributed by atoms with van der Waals surface area (Å²) < 4.78 is 0. The Morgan fingerprint density at radius 1 is 0.850 bits per heavy atom. The van der Waals surface area contributed by atoms with Gasteiger partial charge in [-0.2, -0.15) is 0 Å². The van der Waals surface area contributed by atoms with Crippen molar-refractivity contribution in [3.8, 4) is 0 Å². The summed E-state index contributed by atoms with van der Waals surface area (Å²) in [6, 6.07) is 15.9. The Labute approximate surface area is 119 Å². The molecule has 0 amide bonds. The van der Waals surface area contributed by atoms with Crippen molar-refractivity contribution in [1.29, 1.82) is 0 Å². The van der Waals surface area contributed by atoms with Crippen LogP contribution in [0.5, 0.6) is 0 Å². The second-order valence-corrected chi connectivity index (χ2v) is 5.33. The van der Waals surface area contributed by atoms with E-state index in [2.05, 4.69) is 19.9 Å². The molecule has 0 bridgehead atoms. The van der Waals surface area contributed by atoms with Crippen molar-refractivity contribution in [2.75, 3.05) is 0 Å². The van der Waals surface area contributed by atoms with E-state index in [9.17, 15) is 0 Å². The third-order valence-electron chi connectivity index (χ3n) is 3.02. The molecule has 0 saturated heterocycles. The van der Waals surface area contributed by atoms with Crippen LogP contribution in [0.2, 0.25) is 0 Å². The number of nitrogens with one attached hydrogen (secondary N) is 1. The fourth-order valence-corrected chi connectivity index (χ4v) is 2.80. The van der Waals surface area contributed by atoms with Gasteiger partial charge in [-0.15, -0.1) is 0 Å². The molecule has 0 aliphatic carbocycles. The standard InChI is InChI=1S/C15H10N4S/c1-2-6-11-10(5-1)9-16-14(17-11)20-15-18-12-7-3-4-8-13(12)19-15/h1-9H,(H,18,19). The zero-order valence-corrected chi connectivity index (χ0v) is 11.3. The molecule has 96 valence electrons. The lowest BCUT2D eigenvalue weighted by Gasteiger charge is -1.99. The number of imidazole rings is 1. The smallest absolute Gasteiger partial charge is 0.195 e. The first kappa shape index (κ1) is 11.4. The number of rotatable bonds is 2. The van der Waals surface area contributed by atoms with Gasteiger partial charge in [0.25, 0.3) is 0 Å². The second kappa shape index (κ2) is 4.61. The van der Waals surface area contributed by atoms with Crippen LogP contribution in [0.1, 0.15) is 0 Å². The van der Waals surface area contributed by atoms with Gasteiger partial charge in [-0.05, 0) is 30.0 Å².